The van der Waals surface area contributed by atoms with Gasteiger partial charge < -0.3 is 20.1 Å². The number of carbonyl (C=O) groups excluding carboxylic acids is 2. The summed E-state index contributed by atoms with van der Waals surface area (Å²) in [5.41, 5.74) is 0. The molecule has 0 heterocycles. The van der Waals surface area contributed by atoms with E-state index in [2.05, 4.69) is 92.1 Å². The minimum Gasteiger partial charge on any atom is -0.463 e. The molecule has 0 spiro atoms. The van der Waals surface area contributed by atoms with E-state index in [0.29, 0.717) is 6.42 Å². The first kappa shape index (κ1) is 54.5. The highest BCUT2D eigenvalue weighted by molar-refractivity contribution is 7.47. The Kier molecular flexibility index (Phi) is 41.1. The standard InChI is InChI=1S/C47H82NO8P/c1-3-5-7-9-11-13-15-17-19-20-21-22-23-24-26-28-30-32-34-36-38-40-47(51)54-43-45(49)44-56-57(52,53)55-42-41-48-46(50)39-37-35-33-31-29-27-25-18-16-14-12-10-8-6-4-2/h6,8,11-14,17-19,21-22,25,45,49H,3-5,7,9-10,15-16,20,23-24,26-44H2,1-2H3,(H,48,50)(H,52,53)/b8-6-,13-11-,14-12-,19-17-,22-21-,25-18-. The summed E-state index contributed by atoms with van der Waals surface area (Å²) in [5.74, 6) is -0.545. The van der Waals surface area contributed by atoms with Gasteiger partial charge in [0.25, 0.3) is 0 Å². The molecule has 3 N–H and O–H groups in total. The van der Waals surface area contributed by atoms with Crippen LogP contribution < -0.4 is 5.32 Å². The number of rotatable bonds is 41. The van der Waals surface area contributed by atoms with Crippen molar-refractivity contribution < 1.29 is 37.9 Å². The van der Waals surface area contributed by atoms with Gasteiger partial charge in [0.05, 0.1) is 13.2 Å². The molecule has 0 saturated carbocycles. The van der Waals surface area contributed by atoms with Gasteiger partial charge >= 0.3 is 13.8 Å². The van der Waals surface area contributed by atoms with E-state index in [1.807, 2.05) is 0 Å². The van der Waals surface area contributed by atoms with Crippen molar-refractivity contribution in [3.05, 3.63) is 72.9 Å². The van der Waals surface area contributed by atoms with Crippen LogP contribution in [0.2, 0.25) is 0 Å². The van der Waals surface area contributed by atoms with E-state index in [4.69, 9.17) is 13.8 Å². The highest BCUT2D eigenvalue weighted by Crippen LogP contribution is 2.42. The van der Waals surface area contributed by atoms with E-state index >= 15 is 0 Å². The Bertz CT molecular complexity index is 1160. The molecule has 0 aliphatic heterocycles. The first-order valence-corrected chi connectivity index (χ1v) is 23.9. The summed E-state index contributed by atoms with van der Waals surface area (Å²) < 4.78 is 26.9. The molecule has 0 bridgehead atoms. The number of hydrogen-bond donors (Lipinski definition) is 3. The molecule has 1 amide bonds. The SMILES string of the molecule is CC/C=C\C/C=C\C/C=C\CCCCCCCC(=O)NCCOP(=O)(O)OCC(O)COC(=O)CCCCCCCCCC/C=C\C/C=C\C/C=C\CCCCC. The van der Waals surface area contributed by atoms with Crippen molar-refractivity contribution in [1.82, 2.24) is 5.32 Å². The first-order chi connectivity index (χ1) is 27.8. The second-order valence-electron chi connectivity index (χ2n) is 14.6. The number of hydrogen-bond acceptors (Lipinski definition) is 7. The highest BCUT2D eigenvalue weighted by atomic mass is 31.2. The smallest absolute Gasteiger partial charge is 0.463 e. The molecule has 0 fully saturated rings. The third-order valence-corrected chi connectivity index (χ3v) is 10.1. The molecule has 2 atom stereocenters. The number of carbonyl (C=O) groups is 2. The molecule has 9 nitrogen and oxygen atoms in total. The molecule has 0 aliphatic carbocycles. The maximum Gasteiger partial charge on any atom is 0.472 e. The molecule has 0 aromatic rings. The quantitative estimate of drug-likeness (QED) is 0.0240. The fourth-order valence-electron chi connectivity index (χ4n) is 5.75. The number of allylic oxidation sites excluding steroid dienone is 12. The van der Waals surface area contributed by atoms with Crippen LogP contribution in [-0.4, -0.2) is 54.3 Å². The third-order valence-electron chi connectivity index (χ3n) is 9.12. The van der Waals surface area contributed by atoms with Gasteiger partial charge in [0.15, 0.2) is 0 Å². The largest absolute Gasteiger partial charge is 0.472 e. The summed E-state index contributed by atoms with van der Waals surface area (Å²) in [6.07, 6.45) is 52.6. The van der Waals surface area contributed by atoms with E-state index in [1.54, 1.807) is 0 Å². The summed E-state index contributed by atoms with van der Waals surface area (Å²) in [5, 5.41) is 12.7. The summed E-state index contributed by atoms with van der Waals surface area (Å²) in [7, 11) is -4.43. The van der Waals surface area contributed by atoms with Crippen molar-refractivity contribution >= 4 is 19.7 Å². The molecule has 0 rings (SSSR count). The van der Waals surface area contributed by atoms with Crippen LogP contribution in [-0.2, 0) is 27.9 Å². The molecule has 0 aliphatic rings. The number of nitrogens with one attached hydrogen (secondary N) is 1. The number of phosphoric ester groups is 1. The molecular weight excluding hydrogens is 737 g/mol. The van der Waals surface area contributed by atoms with Crippen molar-refractivity contribution in [3.63, 3.8) is 0 Å². The summed E-state index contributed by atoms with van der Waals surface area (Å²) in [6, 6.07) is 0. The van der Waals surface area contributed by atoms with Gasteiger partial charge in [-0.1, -0.05) is 157 Å². The van der Waals surface area contributed by atoms with Crippen LogP contribution in [0, 0.1) is 0 Å². The van der Waals surface area contributed by atoms with Gasteiger partial charge in [-0.15, -0.1) is 0 Å². The fourth-order valence-corrected chi connectivity index (χ4v) is 6.51. The zero-order valence-electron chi connectivity index (χ0n) is 36.0. The van der Waals surface area contributed by atoms with Crippen LogP contribution in [0.15, 0.2) is 72.9 Å². The van der Waals surface area contributed by atoms with Crippen LogP contribution in [0.25, 0.3) is 0 Å². The lowest BCUT2D eigenvalue weighted by Gasteiger charge is -2.15. The summed E-state index contributed by atoms with van der Waals surface area (Å²) in [6.45, 7) is 3.38. The second kappa shape index (κ2) is 43.0. The number of phosphoric acid groups is 1. The van der Waals surface area contributed by atoms with Gasteiger partial charge in [-0.3, -0.25) is 18.6 Å². The van der Waals surface area contributed by atoms with Crippen LogP contribution in [0.1, 0.15) is 181 Å². The molecule has 328 valence electrons. The van der Waals surface area contributed by atoms with Gasteiger partial charge in [0.2, 0.25) is 5.91 Å². The number of amides is 1. The number of aliphatic hydroxyl groups excluding tert-OH is 1. The maximum absolute atomic E-state index is 12.1. The molecule has 57 heavy (non-hydrogen) atoms. The van der Waals surface area contributed by atoms with E-state index in [0.717, 1.165) is 103 Å². The van der Waals surface area contributed by atoms with Crippen molar-refractivity contribution in [2.75, 3.05) is 26.4 Å². The minimum absolute atomic E-state index is 0.0677. The molecule has 0 saturated heterocycles. The molecule has 0 aromatic carbocycles. The average Bonchev–Trinajstić information content (AvgIpc) is 3.20. The zero-order chi connectivity index (χ0) is 41.8. The number of esters is 1. The van der Waals surface area contributed by atoms with Crippen LogP contribution in [0.3, 0.4) is 0 Å². The third kappa shape index (κ3) is 44.4. The van der Waals surface area contributed by atoms with E-state index < -0.39 is 26.5 Å². The Labute approximate surface area is 348 Å². The highest BCUT2D eigenvalue weighted by Gasteiger charge is 2.23. The van der Waals surface area contributed by atoms with E-state index in [-0.39, 0.29) is 32.1 Å². The molecule has 0 aromatic heterocycles. The van der Waals surface area contributed by atoms with E-state index in [1.165, 1.54) is 51.4 Å². The predicted octanol–water partition coefficient (Wildman–Crippen LogP) is 12.7. The minimum atomic E-state index is -4.43. The molecule has 2 unspecified atom stereocenters. The van der Waals surface area contributed by atoms with Crippen molar-refractivity contribution in [3.8, 4) is 0 Å². The van der Waals surface area contributed by atoms with Crippen LogP contribution in [0.4, 0.5) is 0 Å². The maximum atomic E-state index is 12.1. The first-order valence-electron chi connectivity index (χ1n) is 22.4. The van der Waals surface area contributed by atoms with Crippen molar-refractivity contribution in [2.24, 2.45) is 0 Å². The Morgan fingerprint density at radius 2 is 1.00 bits per heavy atom. The van der Waals surface area contributed by atoms with Gasteiger partial charge in [-0.05, 0) is 83.5 Å². The second-order valence-corrected chi connectivity index (χ2v) is 16.1. The monoisotopic (exact) mass is 820 g/mol. The zero-order valence-corrected chi connectivity index (χ0v) is 36.9. The summed E-state index contributed by atoms with van der Waals surface area (Å²) in [4.78, 5) is 33.9. The number of aliphatic hydroxyl groups is 1. The van der Waals surface area contributed by atoms with Crippen molar-refractivity contribution in [1.29, 1.82) is 0 Å². The van der Waals surface area contributed by atoms with Crippen LogP contribution in [0.5, 0.6) is 0 Å². The Morgan fingerprint density at radius 3 is 1.51 bits per heavy atom. The average molecular weight is 820 g/mol. The van der Waals surface area contributed by atoms with Crippen molar-refractivity contribution in [2.45, 2.75) is 187 Å². The summed E-state index contributed by atoms with van der Waals surface area (Å²) >= 11 is 0. The lowest BCUT2D eigenvalue weighted by molar-refractivity contribution is -0.147. The van der Waals surface area contributed by atoms with Gasteiger partial charge in [0.1, 0.15) is 12.7 Å². The lowest BCUT2D eigenvalue weighted by atomic mass is 10.1. The molecule has 0 radical (unpaired) electrons. The van der Waals surface area contributed by atoms with Gasteiger partial charge in [-0.2, -0.15) is 0 Å². The van der Waals surface area contributed by atoms with Gasteiger partial charge in [-0.25, -0.2) is 4.57 Å². The fraction of sp³-hybridized carbons (Fsp3) is 0.702. The topological polar surface area (TPSA) is 131 Å². The lowest BCUT2D eigenvalue weighted by Crippen LogP contribution is -2.27. The Balaban J connectivity index is 3.64. The number of ether oxygens (including phenoxy) is 1. The Hall–Kier alpha value is -2.55. The van der Waals surface area contributed by atoms with Gasteiger partial charge in [0, 0.05) is 19.4 Å². The Morgan fingerprint density at radius 1 is 0.561 bits per heavy atom. The van der Waals surface area contributed by atoms with Crippen LogP contribution >= 0.6 is 7.82 Å². The molecule has 10 heteroatoms. The number of unbranched alkanes of at least 4 members (excludes halogenated alkanes) is 16. The normalized spacial score (nSPS) is 14.0. The van der Waals surface area contributed by atoms with E-state index in [9.17, 15) is 24.2 Å². The predicted molar refractivity (Wildman–Crippen MR) is 238 cm³/mol. The molecular formula is C47H82NO8P.